The van der Waals surface area contributed by atoms with Crippen molar-refractivity contribution >= 4 is 44.4 Å². The van der Waals surface area contributed by atoms with Gasteiger partial charge in [-0.25, -0.2) is 0 Å². The van der Waals surface area contributed by atoms with E-state index in [-0.39, 0.29) is 11.7 Å². The van der Waals surface area contributed by atoms with Crippen LogP contribution in [-0.4, -0.2) is 22.9 Å². The number of benzene rings is 1. The number of phenolic OH excluding ortho intramolecular Hbond substituents is 1. The maximum atomic E-state index is 11.9. The van der Waals surface area contributed by atoms with E-state index in [2.05, 4.69) is 28.2 Å². The molecule has 5 heteroatoms. The zero-order valence-corrected chi connectivity index (χ0v) is 14.0. The van der Waals surface area contributed by atoms with Gasteiger partial charge in [-0.2, -0.15) is 0 Å². The smallest absolute Gasteiger partial charge is 0.251 e. The number of halogens is 2. The second-order valence-electron chi connectivity index (χ2n) is 4.13. The minimum Gasteiger partial charge on any atom is -0.507 e. The van der Waals surface area contributed by atoms with Gasteiger partial charge in [0.1, 0.15) is 5.75 Å². The van der Waals surface area contributed by atoms with Crippen molar-refractivity contribution in [1.29, 1.82) is 0 Å². The molecule has 100 valence electrons. The van der Waals surface area contributed by atoms with Gasteiger partial charge in [0, 0.05) is 17.4 Å². The first-order valence-electron chi connectivity index (χ1n) is 5.91. The third kappa shape index (κ3) is 4.76. The molecule has 1 unspecified atom stereocenters. The highest BCUT2D eigenvalue weighted by Gasteiger charge is 2.11. The summed E-state index contributed by atoms with van der Waals surface area (Å²) >= 11 is 5.44. The molecule has 0 saturated carbocycles. The fourth-order valence-electron chi connectivity index (χ4n) is 1.60. The van der Waals surface area contributed by atoms with E-state index >= 15 is 0 Å². The highest BCUT2D eigenvalue weighted by Crippen LogP contribution is 2.20. The van der Waals surface area contributed by atoms with Crippen molar-refractivity contribution in [2.45, 2.75) is 19.8 Å². The molecule has 0 heterocycles. The number of rotatable bonds is 6. The minimum atomic E-state index is -0.130. The fraction of sp³-hybridized carbons (Fsp3) is 0.462. The molecule has 1 atom stereocenters. The molecule has 18 heavy (non-hydrogen) atoms. The Morgan fingerprint density at radius 1 is 1.56 bits per heavy atom. The fourth-order valence-corrected chi connectivity index (χ4v) is 2.58. The lowest BCUT2D eigenvalue weighted by Crippen LogP contribution is -2.29. The summed E-state index contributed by atoms with van der Waals surface area (Å²) in [6.45, 7) is 2.80. The highest BCUT2D eigenvalue weighted by molar-refractivity contribution is 14.1. The van der Waals surface area contributed by atoms with Crippen LogP contribution in [0.3, 0.4) is 0 Å². The van der Waals surface area contributed by atoms with E-state index in [9.17, 15) is 9.90 Å². The molecule has 1 rings (SSSR count). The van der Waals surface area contributed by atoms with Crippen molar-refractivity contribution in [1.82, 2.24) is 5.32 Å². The van der Waals surface area contributed by atoms with Crippen LogP contribution in [0.2, 0.25) is 0 Å². The van der Waals surface area contributed by atoms with Crippen molar-refractivity contribution in [3.63, 3.8) is 0 Å². The van der Waals surface area contributed by atoms with Crippen molar-refractivity contribution < 1.29 is 9.90 Å². The lowest BCUT2D eigenvalue weighted by molar-refractivity contribution is 0.0946. The number of carbonyl (C=O) groups is 1. The maximum absolute atomic E-state index is 11.9. The quantitative estimate of drug-likeness (QED) is 0.541. The maximum Gasteiger partial charge on any atom is 0.251 e. The topological polar surface area (TPSA) is 49.3 Å². The molecule has 0 bridgehead atoms. The Labute approximate surface area is 130 Å². The van der Waals surface area contributed by atoms with Crippen LogP contribution in [-0.2, 0) is 0 Å². The zero-order valence-electron chi connectivity index (χ0n) is 10.2. The van der Waals surface area contributed by atoms with Crippen LogP contribution in [0.15, 0.2) is 18.2 Å². The third-order valence-corrected chi connectivity index (χ3v) is 4.22. The number of alkyl halides is 1. The normalized spacial score (nSPS) is 12.2. The van der Waals surface area contributed by atoms with Crippen molar-refractivity contribution in [2.24, 2.45) is 5.92 Å². The summed E-state index contributed by atoms with van der Waals surface area (Å²) in [4.78, 5) is 11.9. The minimum absolute atomic E-state index is 0.130. The summed E-state index contributed by atoms with van der Waals surface area (Å²) in [6.07, 6.45) is 2.10. The van der Waals surface area contributed by atoms with Gasteiger partial charge in [0.2, 0.25) is 0 Å². The average molecular weight is 426 g/mol. The number of nitrogens with one attached hydrogen (secondary N) is 1. The molecule has 1 aromatic carbocycles. The Bertz CT molecular complexity index is 412. The number of amides is 1. The molecule has 1 amide bonds. The Morgan fingerprint density at radius 2 is 2.28 bits per heavy atom. The van der Waals surface area contributed by atoms with E-state index in [0.29, 0.717) is 18.0 Å². The van der Waals surface area contributed by atoms with Crippen LogP contribution < -0.4 is 5.32 Å². The van der Waals surface area contributed by atoms with Gasteiger partial charge in [0.15, 0.2) is 0 Å². The van der Waals surface area contributed by atoms with E-state index in [0.717, 1.165) is 21.7 Å². The van der Waals surface area contributed by atoms with Gasteiger partial charge in [0.25, 0.3) is 5.91 Å². The Morgan fingerprint density at radius 3 is 2.83 bits per heavy atom. The Kier molecular flexibility index (Phi) is 6.99. The van der Waals surface area contributed by atoms with E-state index in [1.54, 1.807) is 12.1 Å². The number of carbonyl (C=O) groups excluding carboxylic acids is 1. The van der Waals surface area contributed by atoms with Crippen molar-refractivity contribution in [2.75, 3.05) is 11.9 Å². The van der Waals surface area contributed by atoms with E-state index in [1.165, 1.54) is 6.07 Å². The standard InChI is InChI=1S/C13H17BrINO2/c1-2-9(5-6-14)8-16-13(18)10-3-4-11(15)12(17)7-10/h3-4,7,9,17H,2,5-6,8H2,1H3,(H,16,18). The lowest BCUT2D eigenvalue weighted by atomic mass is 10.0. The van der Waals surface area contributed by atoms with Crippen LogP contribution in [0.4, 0.5) is 0 Å². The summed E-state index contributed by atoms with van der Waals surface area (Å²) < 4.78 is 0.745. The molecule has 0 aliphatic carbocycles. The Balaban J connectivity index is 2.57. The van der Waals surface area contributed by atoms with Gasteiger partial charge < -0.3 is 10.4 Å². The third-order valence-electron chi connectivity index (χ3n) is 2.85. The summed E-state index contributed by atoms with van der Waals surface area (Å²) in [5.74, 6) is 0.510. The molecule has 0 spiro atoms. The Hall–Kier alpha value is -0.300. The molecule has 0 aromatic heterocycles. The molecule has 3 nitrogen and oxygen atoms in total. The van der Waals surface area contributed by atoms with Gasteiger partial charge >= 0.3 is 0 Å². The van der Waals surface area contributed by atoms with E-state index < -0.39 is 0 Å². The van der Waals surface area contributed by atoms with Gasteiger partial charge in [-0.05, 0) is 53.1 Å². The summed E-state index contributed by atoms with van der Waals surface area (Å²) in [5.41, 5.74) is 0.501. The van der Waals surface area contributed by atoms with Gasteiger partial charge in [-0.15, -0.1) is 0 Å². The monoisotopic (exact) mass is 425 g/mol. The highest BCUT2D eigenvalue weighted by atomic mass is 127. The first kappa shape index (κ1) is 15.8. The largest absolute Gasteiger partial charge is 0.507 e. The molecular formula is C13H17BrINO2. The molecule has 0 radical (unpaired) electrons. The van der Waals surface area contributed by atoms with Crippen LogP contribution in [0, 0.1) is 9.49 Å². The van der Waals surface area contributed by atoms with Gasteiger partial charge in [-0.3, -0.25) is 4.79 Å². The molecular weight excluding hydrogens is 409 g/mol. The number of aromatic hydroxyl groups is 1. The molecule has 0 fully saturated rings. The summed E-state index contributed by atoms with van der Waals surface area (Å²) in [6, 6.07) is 4.96. The average Bonchev–Trinajstić information content (AvgIpc) is 2.37. The van der Waals surface area contributed by atoms with Crippen LogP contribution in [0.25, 0.3) is 0 Å². The molecule has 0 saturated heterocycles. The number of hydrogen-bond acceptors (Lipinski definition) is 2. The number of phenols is 1. The SMILES string of the molecule is CCC(CCBr)CNC(=O)c1ccc(I)c(O)c1. The molecule has 2 N–H and O–H groups in total. The van der Waals surface area contributed by atoms with Gasteiger partial charge in [-0.1, -0.05) is 29.3 Å². The second-order valence-corrected chi connectivity index (χ2v) is 6.08. The summed E-state index contributed by atoms with van der Waals surface area (Å²) in [5, 5.41) is 13.4. The van der Waals surface area contributed by atoms with Crippen LogP contribution in [0.1, 0.15) is 30.1 Å². The molecule has 0 aliphatic rings. The number of hydrogen-bond donors (Lipinski definition) is 2. The van der Waals surface area contributed by atoms with E-state index in [4.69, 9.17) is 0 Å². The second kappa shape index (κ2) is 7.99. The van der Waals surface area contributed by atoms with Crippen molar-refractivity contribution in [3.8, 4) is 5.75 Å². The zero-order chi connectivity index (χ0) is 13.5. The van der Waals surface area contributed by atoms with E-state index in [1.807, 2.05) is 22.6 Å². The van der Waals surface area contributed by atoms with Crippen LogP contribution in [0.5, 0.6) is 5.75 Å². The van der Waals surface area contributed by atoms with Gasteiger partial charge in [0.05, 0.1) is 3.57 Å². The predicted molar refractivity (Wildman–Crippen MR) is 85.3 cm³/mol. The molecule has 1 aromatic rings. The van der Waals surface area contributed by atoms with Crippen LogP contribution >= 0.6 is 38.5 Å². The molecule has 0 aliphatic heterocycles. The first-order valence-corrected chi connectivity index (χ1v) is 8.11. The first-order chi connectivity index (χ1) is 8.58. The van der Waals surface area contributed by atoms with Crippen molar-refractivity contribution in [3.05, 3.63) is 27.3 Å². The summed E-state index contributed by atoms with van der Waals surface area (Å²) in [7, 11) is 0. The lowest BCUT2D eigenvalue weighted by Gasteiger charge is -2.14. The predicted octanol–water partition coefficient (Wildman–Crippen LogP) is 3.54.